The number of anilines is 1. The Balaban J connectivity index is 1.04. The van der Waals surface area contributed by atoms with Gasteiger partial charge < -0.3 is 20.1 Å². The number of fused-ring (bicyclic) bond motifs is 3. The smallest absolute Gasteiger partial charge is 0.407 e. The van der Waals surface area contributed by atoms with E-state index in [1.54, 1.807) is 0 Å². The Bertz CT molecular complexity index is 1560. The van der Waals surface area contributed by atoms with Crippen molar-refractivity contribution in [3.8, 4) is 11.1 Å². The lowest BCUT2D eigenvalue weighted by Crippen LogP contribution is -2.46. The van der Waals surface area contributed by atoms with Crippen LogP contribution < -0.4 is 10.2 Å². The molecular weight excluding hydrogens is 606 g/mol. The second-order valence-corrected chi connectivity index (χ2v) is 12.0. The van der Waals surface area contributed by atoms with Gasteiger partial charge >= 0.3 is 12.1 Å². The Labute approximate surface area is 260 Å². The summed E-state index contributed by atoms with van der Waals surface area (Å²) < 4.78 is 6.50. The fourth-order valence-corrected chi connectivity index (χ4v) is 6.82. The number of rotatable bonds is 9. The summed E-state index contributed by atoms with van der Waals surface area (Å²) in [4.78, 5) is 29.7. The molecule has 4 aromatic rings. The Kier molecular flexibility index (Phi) is 8.77. The van der Waals surface area contributed by atoms with Crippen LogP contribution in [0.1, 0.15) is 28.2 Å². The first-order valence-corrected chi connectivity index (χ1v) is 15.4. The number of carboxylic acid groups (broad SMARTS) is 1. The van der Waals surface area contributed by atoms with Crippen molar-refractivity contribution in [2.75, 3.05) is 37.7 Å². The summed E-state index contributed by atoms with van der Waals surface area (Å²) in [5.41, 5.74) is 7.70. The summed E-state index contributed by atoms with van der Waals surface area (Å²) in [5.74, 6) is -1.20. The third-order valence-electron chi connectivity index (χ3n) is 8.35. The highest BCUT2D eigenvalue weighted by molar-refractivity contribution is 9.10. The number of hydrogen-bond donors (Lipinski definition) is 2. The molecule has 1 unspecified atom stereocenters. The molecule has 0 aromatic heterocycles. The van der Waals surface area contributed by atoms with Gasteiger partial charge in [-0.2, -0.15) is 0 Å². The van der Waals surface area contributed by atoms with Gasteiger partial charge in [0.05, 0.1) is 5.69 Å². The maximum Gasteiger partial charge on any atom is 0.407 e. The predicted molar refractivity (Wildman–Crippen MR) is 171 cm³/mol. The summed E-state index contributed by atoms with van der Waals surface area (Å²) in [7, 11) is 0. The number of hydrogen-bond acceptors (Lipinski definition) is 5. The van der Waals surface area contributed by atoms with Crippen LogP contribution in [-0.2, 0) is 22.5 Å². The Hall–Kier alpha value is -4.14. The van der Waals surface area contributed by atoms with Crippen molar-refractivity contribution in [1.82, 2.24) is 10.2 Å². The fourth-order valence-electron chi connectivity index (χ4n) is 6.14. The monoisotopic (exact) mass is 639 g/mol. The van der Waals surface area contributed by atoms with E-state index < -0.39 is 18.1 Å². The van der Waals surface area contributed by atoms with Crippen LogP contribution in [0.4, 0.5) is 10.5 Å². The van der Waals surface area contributed by atoms with Gasteiger partial charge in [-0.3, -0.25) is 4.90 Å². The molecule has 0 spiro atoms. The maximum atomic E-state index is 12.8. The Morgan fingerprint density at radius 2 is 1.47 bits per heavy atom. The lowest BCUT2D eigenvalue weighted by atomic mass is 9.98. The predicted octanol–water partition coefficient (Wildman–Crippen LogP) is 6.31. The van der Waals surface area contributed by atoms with Crippen molar-refractivity contribution >= 4 is 33.7 Å². The van der Waals surface area contributed by atoms with Gasteiger partial charge in [0.25, 0.3) is 0 Å². The number of halogens is 1. The number of nitrogens with one attached hydrogen (secondary N) is 1. The second kappa shape index (κ2) is 13.0. The topological polar surface area (TPSA) is 82.1 Å². The van der Waals surface area contributed by atoms with Gasteiger partial charge in [0.15, 0.2) is 0 Å². The van der Waals surface area contributed by atoms with Crippen molar-refractivity contribution < 1.29 is 19.4 Å². The molecule has 220 valence electrons. The van der Waals surface area contributed by atoms with E-state index >= 15 is 0 Å². The molecule has 8 heteroatoms. The number of aliphatic carboxylic acids is 1. The Morgan fingerprint density at radius 1 is 0.837 bits per heavy atom. The molecule has 0 radical (unpaired) electrons. The van der Waals surface area contributed by atoms with Crippen molar-refractivity contribution in [3.05, 3.63) is 124 Å². The first-order chi connectivity index (χ1) is 21.0. The van der Waals surface area contributed by atoms with Crippen molar-refractivity contribution in [2.45, 2.75) is 24.9 Å². The SMILES string of the molecule is O=C(NC(Cc1ccc(N2CCN(Cc3ccccc3)CC2)c(Br)c1)C(=O)O)OCC1c2ccccc2-c2ccccc21. The molecule has 2 aliphatic rings. The molecule has 1 fully saturated rings. The molecule has 0 bridgehead atoms. The van der Waals surface area contributed by atoms with E-state index in [9.17, 15) is 14.7 Å². The van der Waals surface area contributed by atoms with Gasteiger partial charge in [-0.15, -0.1) is 0 Å². The minimum absolute atomic E-state index is 0.0925. The van der Waals surface area contributed by atoms with Crippen molar-refractivity contribution in [2.24, 2.45) is 0 Å². The summed E-state index contributed by atoms with van der Waals surface area (Å²) in [6.07, 6.45) is -0.596. The number of amides is 1. The number of piperazine rings is 1. The lowest BCUT2D eigenvalue weighted by molar-refractivity contribution is -0.139. The van der Waals surface area contributed by atoms with Gasteiger partial charge in [-0.05, 0) is 61.4 Å². The summed E-state index contributed by atoms with van der Waals surface area (Å²) in [6.45, 7) is 4.83. The van der Waals surface area contributed by atoms with Crippen LogP contribution in [0.5, 0.6) is 0 Å². The van der Waals surface area contributed by atoms with Gasteiger partial charge in [-0.1, -0.05) is 84.9 Å². The molecule has 1 aliphatic heterocycles. The summed E-state index contributed by atoms with van der Waals surface area (Å²) in [5, 5.41) is 12.5. The molecule has 6 rings (SSSR count). The average molecular weight is 641 g/mol. The number of alkyl carbamates (subject to hydrolysis) is 1. The third kappa shape index (κ3) is 6.60. The van der Waals surface area contributed by atoms with Crippen LogP contribution in [0.15, 0.2) is 102 Å². The molecule has 2 N–H and O–H groups in total. The van der Waals surface area contributed by atoms with E-state index in [0.717, 1.165) is 70.7 Å². The number of ether oxygens (including phenoxy) is 1. The van der Waals surface area contributed by atoms with E-state index in [1.807, 2.05) is 60.7 Å². The van der Waals surface area contributed by atoms with Crippen LogP contribution in [0, 0.1) is 0 Å². The molecule has 1 saturated heterocycles. The van der Waals surface area contributed by atoms with Crippen LogP contribution in [0.3, 0.4) is 0 Å². The minimum atomic E-state index is -1.12. The molecule has 4 aromatic carbocycles. The molecular formula is C35H34BrN3O4. The average Bonchev–Trinajstić information content (AvgIpc) is 3.34. The van der Waals surface area contributed by atoms with Gasteiger partial charge in [0.1, 0.15) is 12.6 Å². The van der Waals surface area contributed by atoms with Gasteiger partial charge in [0.2, 0.25) is 0 Å². The third-order valence-corrected chi connectivity index (χ3v) is 8.98. The molecule has 1 atom stereocenters. The van der Waals surface area contributed by atoms with Crippen molar-refractivity contribution in [1.29, 1.82) is 0 Å². The quantitative estimate of drug-likeness (QED) is 0.223. The highest BCUT2D eigenvalue weighted by Crippen LogP contribution is 2.44. The number of benzene rings is 4. The van der Waals surface area contributed by atoms with E-state index in [2.05, 4.69) is 67.4 Å². The van der Waals surface area contributed by atoms with E-state index in [4.69, 9.17) is 4.74 Å². The normalized spacial score (nSPS) is 15.4. The minimum Gasteiger partial charge on any atom is -0.480 e. The van der Waals surface area contributed by atoms with Crippen LogP contribution in [-0.4, -0.2) is 60.9 Å². The standard InChI is InChI=1S/C35H34BrN3O4/c36-31-20-25(14-15-33(31)39-18-16-38(17-19-39)22-24-8-2-1-3-9-24)21-32(34(40)41)37-35(42)43-23-30-28-12-6-4-10-26(28)27-11-5-7-13-29(27)30/h1-15,20,30,32H,16-19,21-23H2,(H,37,42)(H,40,41). The largest absolute Gasteiger partial charge is 0.480 e. The van der Waals surface area contributed by atoms with E-state index in [-0.39, 0.29) is 18.9 Å². The van der Waals surface area contributed by atoms with Crippen LogP contribution >= 0.6 is 15.9 Å². The van der Waals surface area contributed by atoms with E-state index in [1.165, 1.54) is 5.56 Å². The van der Waals surface area contributed by atoms with Gasteiger partial charge in [-0.25, -0.2) is 9.59 Å². The lowest BCUT2D eigenvalue weighted by Gasteiger charge is -2.36. The zero-order chi connectivity index (χ0) is 29.8. The van der Waals surface area contributed by atoms with E-state index in [0.29, 0.717) is 0 Å². The highest BCUT2D eigenvalue weighted by atomic mass is 79.9. The first kappa shape index (κ1) is 29.0. The maximum absolute atomic E-state index is 12.8. The highest BCUT2D eigenvalue weighted by Gasteiger charge is 2.30. The molecule has 7 nitrogen and oxygen atoms in total. The second-order valence-electron chi connectivity index (χ2n) is 11.1. The molecule has 1 aliphatic carbocycles. The summed E-state index contributed by atoms with van der Waals surface area (Å²) in [6, 6.07) is 31.5. The zero-order valence-corrected chi connectivity index (χ0v) is 25.4. The zero-order valence-electron chi connectivity index (χ0n) is 23.8. The van der Waals surface area contributed by atoms with Gasteiger partial charge in [0, 0.05) is 49.5 Å². The van der Waals surface area contributed by atoms with Crippen LogP contribution in [0.2, 0.25) is 0 Å². The first-order valence-electron chi connectivity index (χ1n) is 14.6. The number of nitrogens with zero attached hydrogens (tertiary/aromatic N) is 2. The van der Waals surface area contributed by atoms with Crippen molar-refractivity contribution in [3.63, 3.8) is 0 Å². The molecule has 1 heterocycles. The molecule has 43 heavy (non-hydrogen) atoms. The molecule has 1 amide bonds. The summed E-state index contributed by atoms with van der Waals surface area (Å²) >= 11 is 3.70. The fraction of sp³-hybridized carbons (Fsp3) is 0.257. The number of carbonyl (C=O) groups excluding carboxylic acids is 1. The Morgan fingerprint density at radius 3 is 2.09 bits per heavy atom. The van der Waals surface area contributed by atoms with Crippen LogP contribution in [0.25, 0.3) is 11.1 Å². The number of carbonyl (C=O) groups is 2. The number of carboxylic acids is 1. The molecule has 0 saturated carbocycles.